The van der Waals surface area contributed by atoms with Crippen LogP contribution in [0.1, 0.15) is 57.8 Å². The van der Waals surface area contributed by atoms with Crippen LogP contribution in [0.2, 0.25) is 0 Å². The summed E-state index contributed by atoms with van der Waals surface area (Å²) in [5, 5.41) is 2.31. The molecule has 10 heteroatoms. The molecule has 3 fully saturated rings. The Morgan fingerprint density at radius 2 is 1.83 bits per heavy atom. The van der Waals surface area contributed by atoms with Gasteiger partial charge in [-0.05, 0) is 57.1 Å². The molecule has 2 aliphatic heterocycles. The third kappa shape index (κ3) is 4.39. The van der Waals surface area contributed by atoms with Crippen LogP contribution in [-0.2, 0) is 24.4 Å². The number of allylic oxidation sites excluding steroid dienone is 1. The van der Waals surface area contributed by atoms with E-state index in [4.69, 9.17) is 0 Å². The first kappa shape index (κ1) is 21.7. The van der Waals surface area contributed by atoms with Gasteiger partial charge in [-0.1, -0.05) is 6.08 Å². The number of hydrogen-bond acceptors (Lipinski definition) is 6. The number of amides is 3. The molecule has 166 valence electrons. The van der Waals surface area contributed by atoms with Gasteiger partial charge >= 0.3 is 0 Å². The molecular formula is C20H29N3O5S2. The zero-order valence-electron chi connectivity index (χ0n) is 17.0. The average Bonchev–Trinajstić information content (AvgIpc) is 3.63. The summed E-state index contributed by atoms with van der Waals surface area (Å²) in [5.41, 5.74) is -1.17. The van der Waals surface area contributed by atoms with Crippen molar-refractivity contribution in [3.05, 3.63) is 12.3 Å². The SMILES string of the molecule is O=C1NC2(CC2)C(=O)N(S(=O)(=O)C2CC2)/C=C/CCCSCCC(=O)N2CCC[C@@H]12. The number of rotatable bonds is 2. The van der Waals surface area contributed by atoms with Crippen LogP contribution in [0.15, 0.2) is 12.3 Å². The number of hydrogen-bond donors (Lipinski definition) is 1. The molecule has 1 spiro atoms. The highest BCUT2D eigenvalue weighted by molar-refractivity contribution is 7.99. The third-order valence-corrected chi connectivity index (χ3v) is 9.40. The molecular weight excluding hydrogens is 426 g/mol. The largest absolute Gasteiger partial charge is 0.340 e. The van der Waals surface area contributed by atoms with E-state index >= 15 is 0 Å². The van der Waals surface area contributed by atoms with E-state index in [1.807, 2.05) is 0 Å². The summed E-state index contributed by atoms with van der Waals surface area (Å²) >= 11 is 1.68. The number of thioether (sulfide) groups is 1. The Morgan fingerprint density at radius 3 is 2.53 bits per heavy atom. The Kier molecular flexibility index (Phi) is 6.16. The van der Waals surface area contributed by atoms with Crippen LogP contribution in [0.5, 0.6) is 0 Å². The van der Waals surface area contributed by atoms with Gasteiger partial charge in [-0.25, -0.2) is 12.7 Å². The van der Waals surface area contributed by atoms with Crippen molar-refractivity contribution < 1.29 is 22.8 Å². The summed E-state index contributed by atoms with van der Waals surface area (Å²) < 4.78 is 26.7. The quantitative estimate of drug-likeness (QED) is 0.675. The molecule has 30 heavy (non-hydrogen) atoms. The molecule has 1 N–H and O–H groups in total. The fraction of sp³-hybridized carbons (Fsp3) is 0.750. The minimum atomic E-state index is -3.75. The normalized spacial score (nSPS) is 29.6. The van der Waals surface area contributed by atoms with Crippen molar-refractivity contribution >= 4 is 39.5 Å². The lowest BCUT2D eigenvalue weighted by Gasteiger charge is -2.28. The lowest BCUT2D eigenvalue weighted by molar-refractivity contribution is -0.140. The predicted octanol–water partition coefficient (Wildman–Crippen LogP) is 1.38. The minimum absolute atomic E-state index is 0.0266. The van der Waals surface area contributed by atoms with Crippen molar-refractivity contribution in [1.82, 2.24) is 14.5 Å². The Morgan fingerprint density at radius 1 is 1.07 bits per heavy atom. The highest BCUT2D eigenvalue weighted by atomic mass is 32.2. The molecule has 4 aliphatic rings. The van der Waals surface area contributed by atoms with Gasteiger partial charge in [0.05, 0.1) is 5.25 Å². The maximum absolute atomic E-state index is 13.3. The van der Waals surface area contributed by atoms with Crippen LogP contribution in [-0.4, -0.2) is 70.2 Å². The topological polar surface area (TPSA) is 104 Å². The van der Waals surface area contributed by atoms with Crippen molar-refractivity contribution in [1.29, 1.82) is 0 Å². The van der Waals surface area contributed by atoms with E-state index in [9.17, 15) is 22.8 Å². The molecule has 3 amide bonds. The predicted molar refractivity (Wildman–Crippen MR) is 114 cm³/mol. The van der Waals surface area contributed by atoms with Gasteiger partial charge in [-0.2, -0.15) is 11.8 Å². The number of nitrogens with one attached hydrogen (secondary N) is 1. The molecule has 0 aromatic heterocycles. The molecule has 2 saturated carbocycles. The first-order valence-corrected chi connectivity index (χ1v) is 13.4. The summed E-state index contributed by atoms with van der Waals surface area (Å²) in [7, 11) is -3.75. The molecule has 8 nitrogen and oxygen atoms in total. The van der Waals surface area contributed by atoms with Gasteiger partial charge in [-0.3, -0.25) is 14.4 Å². The smallest absolute Gasteiger partial charge is 0.265 e. The summed E-state index contributed by atoms with van der Waals surface area (Å²) in [4.78, 5) is 40.5. The number of fused-ring (bicyclic) bond motifs is 1. The van der Waals surface area contributed by atoms with Crippen LogP contribution in [0, 0.1) is 0 Å². The number of sulfonamides is 1. The van der Waals surface area contributed by atoms with Gasteiger partial charge in [0.25, 0.3) is 5.91 Å². The highest BCUT2D eigenvalue weighted by Crippen LogP contribution is 2.41. The van der Waals surface area contributed by atoms with Crippen LogP contribution in [0.25, 0.3) is 0 Å². The monoisotopic (exact) mass is 455 g/mol. The van der Waals surface area contributed by atoms with Crippen molar-refractivity contribution in [2.75, 3.05) is 18.1 Å². The van der Waals surface area contributed by atoms with Crippen LogP contribution in [0.3, 0.4) is 0 Å². The molecule has 0 unspecified atom stereocenters. The Bertz CT molecular complexity index is 849. The molecule has 2 heterocycles. The van der Waals surface area contributed by atoms with E-state index in [1.54, 1.807) is 22.7 Å². The summed E-state index contributed by atoms with van der Waals surface area (Å²) in [6.45, 7) is 0.549. The van der Waals surface area contributed by atoms with Crippen molar-refractivity contribution in [3.63, 3.8) is 0 Å². The van der Waals surface area contributed by atoms with Gasteiger partial charge in [0.1, 0.15) is 11.6 Å². The van der Waals surface area contributed by atoms with Gasteiger partial charge in [0, 0.05) is 24.9 Å². The molecule has 0 aromatic carbocycles. The Hall–Kier alpha value is -1.55. The Balaban J connectivity index is 1.59. The van der Waals surface area contributed by atoms with E-state index in [0.717, 1.165) is 22.9 Å². The van der Waals surface area contributed by atoms with E-state index in [2.05, 4.69) is 5.32 Å². The number of carbonyl (C=O) groups excluding carboxylic acids is 3. The molecule has 0 radical (unpaired) electrons. The van der Waals surface area contributed by atoms with Crippen LogP contribution < -0.4 is 5.32 Å². The third-order valence-electron chi connectivity index (χ3n) is 6.18. The van der Waals surface area contributed by atoms with E-state index in [0.29, 0.717) is 57.2 Å². The maximum atomic E-state index is 13.3. The molecule has 2 aliphatic carbocycles. The molecule has 0 bridgehead atoms. The lowest BCUT2D eigenvalue weighted by atomic mass is 10.1. The first-order chi connectivity index (χ1) is 14.3. The van der Waals surface area contributed by atoms with Gasteiger partial charge in [0.2, 0.25) is 21.8 Å². The van der Waals surface area contributed by atoms with E-state index in [-0.39, 0.29) is 11.8 Å². The lowest BCUT2D eigenvalue weighted by Crippen LogP contribution is -2.55. The molecule has 0 aromatic rings. The zero-order chi connectivity index (χ0) is 21.4. The van der Waals surface area contributed by atoms with E-state index < -0.39 is 32.8 Å². The number of nitrogens with zero attached hydrogens (tertiary/aromatic N) is 2. The fourth-order valence-electron chi connectivity index (χ4n) is 4.06. The van der Waals surface area contributed by atoms with Crippen molar-refractivity contribution in [3.8, 4) is 0 Å². The molecule has 4 rings (SSSR count). The van der Waals surface area contributed by atoms with Crippen molar-refractivity contribution in [2.24, 2.45) is 0 Å². The summed E-state index contributed by atoms with van der Waals surface area (Å²) in [6.07, 6.45) is 8.30. The van der Waals surface area contributed by atoms with Gasteiger partial charge in [-0.15, -0.1) is 0 Å². The van der Waals surface area contributed by atoms with Crippen molar-refractivity contribution in [2.45, 2.75) is 74.6 Å². The standard InChI is InChI=1S/C20H29N3O5S2/c24-17-8-14-29-13-3-1-2-12-23(30(27,28)15-6-7-15)19(26)20(9-10-20)21-18(25)16-5-4-11-22(16)17/h2,12,15-16H,1,3-11,13-14H2,(H,21,25)/b12-2+/t16-/m0/s1. The second-order valence-electron chi connectivity index (χ2n) is 8.55. The van der Waals surface area contributed by atoms with Crippen LogP contribution in [0.4, 0.5) is 0 Å². The van der Waals surface area contributed by atoms with Gasteiger partial charge < -0.3 is 10.2 Å². The second-order valence-corrected chi connectivity index (χ2v) is 11.9. The highest BCUT2D eigenvalue weighted by Gasteiger charge is 2.57. The number of carbonyl (C=O) groups is 3. The average molecular weight is 456 g/mol. The summed E-state index contributed by atoms with van der Waals surface area (Å²) in [5.74, 6) is 0.615. The fourth-order valence-corrected chi connectivity index (χ4v) is 6.67. The molecule has 1 saturated heterocycles. The second kappa shape index (κ2) is 8.53. The maximum Gasteiger partial charge on any atom is 0.265 e. The molecule has 1 atom stereocenters. The van der Waals surface area contributed by atoms with Crippen LogP contribution >= 0.6 is 11.8 Å². The van der Waals surface area contributed by atoms with Gasteiger partial charge in [0.15, 0.2) is 0 Å². The van der Waals surface area contributed by atoms with E-state index in [1.165, 1.54) is 6.20 Å². The minimum Gasteiger partial charge on any atom is -0.340 e. The first-order valence-electron chi connectivity index (χ1n) is 10.8. The Labute approximate surface area is 181 Å². The summed E-state index contributed by atoms with van der Waals surface area (Å²) in [6, 6.07) is -0.579. The zero-order valence-corrected chi connectivity index (χ0v) is 18.7.